The first-order valence-corrected chi connectivity index (χ1v) is 23.1. The Morgan fingerprint density at radius 3 is 0.702 bits per heavy atom. The number of aliphatic carboxylic acids is 2. The highest BCUT2D eigenvalue weighted by molar-refractivity contribution is 8.35. The Morgan fingerprint density at radius 2 is 0.532 bits per heavy atom. The lowest BCUT2D eigenvalue weighted by molar-refractivity contribution is -0.136. The maximum atomic E-state index is 12.2. The predicted molar refractivity (Wildman–Crippen MR) is 211 cm³/mol. The van der Waals surface area contributed by atoms with Gasteiger partial charge in [-0.1, -0.05) is 206 Å². The molecular formula is C42H84O4S. The smallest absolute Gasteiger partial charge is 0.314 e. The second-order valence-electron chi connectivity index (χ2n) is 15.0. The van der Waals surface area contributed by atoms with E-state index >= 15 is 0 Å². The molecule has 0 rings (SSSR count). The van der Waals surface area contributed by atoms with Gasteiger partial charge in [0, 0.05) is 0 Å². The molecule has 2 N–H and O–H groups in total. The minimum atomic E-state index is -1.79. The van der Waals surface area contributed by atoms with E-state index in [2.05, 4.69) is 13.8 Å². The molecule has 0 fully saturated rings. The third-order valence-corrected chi connectivity index (χ3v) is 16.2. The van der Waals surface area contributed by atoms with E-state index < -0.39 is 32.5 Å². The first-order valence-electron chi connectivity index (χ1n) is 21.1. The number of rotatable bonds is 38. The minimum absolute atomic E-state index is 0.554. The topological polar surface area (TPSA) is 74.6 Å². The highest BCUT2D eigenvalue weighted by atomic mass is 32.3. The average Bonchev–Trinajstić information content (AvgIpc) is 3.06. The van der Waals surface area contributed by atoms with E-state index in [4.69, 9.17) is 0 Å². The Hall–Kier alpha value is -0.710. The lowest BCUT2D eigenvalue weighted by Gasteiger charge is -2.47. The van der Waals surface area contributed by atoms with Crippen molar-refractivity contribution in [1.82, 2.24) is 0 Å². The van der Waals surface area contributed by atoms with Gasteiger partial charge in [0.1, 0.15) is 0 Å². The third-order valence-electron chi connectivity index (χ3n) is 10.9. The Kier molecular flexibility index (Phi) is 33.3. The van der Waals surface area contributed by atoms with Gasteiger partial charge >= 0.3 is 11.9 Å². The van der Waals surface area contributed by atoms with Crippen LogP contribution in [0.2, 0.25) is 0 Å². The molecule has 0 saturated heterocycles. The molecule has 0 saturated carbocycles. The zero-order valence-electron chi connectivity index (χ0n) is 32.3. The molecule has 2 atom stereocenters. The highest BCUT2D eigenvalue weighted by Gasteiger charge is 2.42. The van der Waals surface area contributed by atoms with E-state index in [1.165, 1.54) is 180 Å². The second kappa shape index (κ2) is 33.8. The zero-order valence-corrected chi connectivity index (χ0v) is 33.1. The van der Waals surface area contributed by atoms with E-state index in [9.17, 15) is 19.8 Å². The summed E-state index contributed by atoms with van der Waals surface area (Å²) in [5.74, 6) is -0.0156. The van der Waals surface area contributed by atoms with Gasteiger partial charge in [0.25, 0.3) is 0 Å². The molecule has 0 bridgehead atoms. The van der Waals surface area contributed by atoms with Gasteiger partial charge in [0.15, 0.2) is 0 Å². The van der Waals surface area contributed by atoms with Crippen molar-refractivity contribution in [3.8, 4) is 0 Å². The Balaban J connectivity index is 4.24. The van der Waals surface area contributed by atoms with E-state index in [0.29, 0.717) is 0 Å². The molecule has 2 unspecified atom stereocenters. The number of carbonyl (C=O) groups is 2. The molecule has 0 heterocycles. The molecule has 0 spiro atoms. The molecule has 0 aliphatic rings. The monoisotopic (exact) mass is 685 g/mol. The first-order chi connectivity index (χ1) is 22.8. The van der Waals surface area contributed by atoms with Crippen LogP contribution in [0.5, 0.6) is 0 Å². The summed E-state index contributed by atoms with van der Waals surface area (Å²) < 4.78 is 0. The summed E-state index contributed by atoms with van der Waals surface area (Å²) in [6.07, 6.45) is 42.1. The summed E-state index contributed by atoms with van der Waals surface area (Å²) in [5.41, 5.74) is 0. The fourth-order valence-electron chi connectivity index (χ4n) is 7.35. The van der Waals surface area contributed by atoms with Crippen LogP contribution in [0.15, 0.2) is 0 Å². The van der Waals surface area contributed by atoms with Gasteiger partial charge in [-0.2, -0.15) is 0 Å². The molecule has 5 heteroatoms. The van der Waals surface area contributed by atoms with Crippen molar-refractivity contribution in [3.63, 3.8) is 0 Å². The summed E-state index contributed by atoms with van der Waals surface area (Å²) in [7, 11) is -1.79. The zero-order chi connectivity index (χ0) is 34.9. The van der Waals surface area contributed by atoms with E-state index in [-0.39, 0.29) is 0 Å². The van der Waals surface area contributed by atoms with Crippen LogP contribution in [0, 0.1) is 0 Å². The fraction of sp³-hybridized carbons (Fsp3) is 0.952. The van der Waals surface area contributed by atoms with Crippen LogP contribution in [-0.2, 0) is 9.59 Å². The van der Waals surface area contributed by atoms with Crippen molar-refractivity contribution >= 4 is 22.0 Å². The van der Waals surface area contributed by atoms with Gasteiger partial charge in [-0.15, -0.1) is 0 Å². The Labute approximate surface area is 296 Å². The summed E-state index contributed by atoms with van der Waals surface area (Å²) in [4.78, 5) is 24.5. The van der Waals surface area contributed by atoms with Gasteiger partial charge in [-0.05, 0) is 38.2 Å². The number of hydrogen-bond acceptors (Lipinski definition) is 2. The van der Waals surface area contributed by atoms with Gasteiger partial charge in [0.05, 0.1) is 10.5 Å². The summed E-state index contributed by atoms with van der Waals surface area (Å²) in [5, 5.41) is 19.0. The molecule has 0 aromatic rings. The largest absolute Gasteiger partial charge is 0.480 e. The molecule has 0 aromatic heterocycles. The molecule has 0 aromatic carbocycles. The highest BCUT2D eigenvalue weighted by Crippen LogP contribution is 2.58. The summed E-state index contributed by atoms with van der Waals surface area (Å²) >= 11 is 0. The second-order valence-corrected chi connectivity index (χ2v) is 19.2. The third kappa shape index (κ3) is 25.9. The van der Waals surface area contributed by atoms with Crippen LogP contribution in [0.4, 0.5) is 0 Å². The van der Waals surface area contributed by atoms with Crippen LogP contribution >= 0.6 is 10.0 Å². The van der Waals surface area contributed by atoms with Crippen molar-refractivity contribution in [2.24, 2.45) is 0 Å². The van der Waals surface area contributed by atoms with Gasteiger partial charge in [-0.3, -0.25) is 9.59 Å². The summed E-state index contributed by atoms with van der Waals surface area (Å²) in [6.45, 7) is 8.16. The van der Waals surface area contributed by atoms with Crippen molar-refractivity contribution in [2.45, 2.75) is 244 Å². The predicted octanol–water partition coefficient (Wildman–Crippen LogP) is 14.3. The molecule has 282 valence electrons. The Bertz CT molecular complexity index is 638. The molecule has 0 radical (unpaired) electrons. The van der Waals surface area contributed by atoms with Gasteiger partial charge in [-0.25, -0.2) is 10.0 Å². The minimum Gasteiger partial charge on any atom is -0.480 e. The normalized spacial score (nSPS) is 13.5. The lowest BCUT2D eigenvalue weighted by atomic mass is 10.0. The van der Waals surface area contributed by atoms with Crippen LogP contribution in [0.1, 0.15) is 233 Å². The van der Waals surface area contributed by atoms with Crippen molar-refractivity contribution in [2.75, 3.05) is 11.5 Å². The SMILES string of the molecule is CCCCCCCCCCCCCCCCCCS(CCCCCCCCCCCCCCCCCC)(C(C)C(=O)O)C(C)C(=O)O. The van der Waals surface area contributed by atoms with Crippen LogP contribution < -0.4 is 0 Å². The van der Waals surface area contributed by atoms with Crippen molar-refractivity contribution in [1.29, 1.82) is 0 Å². The van der Waals surface area contributed by atoms with E-state index in [1.807, 2.05) is 0 Å². The van der Waals surface area contributed by atoms with Crippen LogP contribution in [0.25, 0.3) is 0 Å². The lowest BCUT2D eigenvalue weighted by Crippen LogP contribution is -2.39. The molecule has 0 aliphatic carbocycles. The van der Waals surface area contributed by atoms with Gasteiger partial charge in [0.2, 0.25) is 0 Å². The molecule has 47 heavy (non-hydrogen) atoms. The fourth-order valence-corrected chi connectivity index (χ4v) is 11.9. The molecule has 0 amide bonds. The Morgan fingerprint density at radius 1 is 0.362 bits per heavy atom. The maximum Gasteiger partial charge on any atom is 0.314 e. The maximum absolute atomic E-state index is 12.2. The van der Waals surface area contributed by atoms with Gasteiger partial charge < -0.3 is 10.2 Å². The average molecular weight is 685 g/mol. The van der Waals surface area contributed by atoms with E-state index in [0.717, 1.165) is 37.2 Å². The number of carboxylic acid groups (broad SMARTS) is 2. The van der Waals surface area contributed by atoms with Crippen molar-refractivity contribution < 1.29 is 19.8 Å². The number of carboxylic acids is 2. The molecule has 0 aliphatic heterocycles. The molecule has 4 nitrogen and oxygen atoms in total. The van der Waals surface area contributed by atoms with Crippen LogP contribution in [-0.4, -0.2) is 44.2 Å². The number of hydrogen-bond donors (Lipinski definition) is 2. The van der Waals surface area contributed by atoms with Crippen LogP contribution in [0.3, 0.4) is 0 Å². The van der Waals surface area contributed by atoms with E-state index in [1.54, 1.807) is 13.8 Å². The molecular weight excluding hydrogens is 601 g/mol. The quantitative estimate of drug-likeness (QED) is 0.0635. The summed E-state index contributed by atoms with van der Waals surface area (Å²) in [6, 6.07) is 0. The van der Waals surface area contributed by atoms with Crippen molar-refractivity contribution in [3.05, 3.63) is 0 Å². The number of unbranched alkanes of at least 4 members (excludes halogenated alkanes) is 30. The first kappa shape index (κ1) is 46.3. The standard InChI is InChI=1S/C42H84O4S/c1-5-7-9-11-13-15-17-19-21-23-25-27-29-31-33-35-37-47(39(3)41(43)44,40(4)42(45)46)38-36-34-32-30-28-26-24-22-20-18-16-14-12-10-8-6-2/h39-40H,5-38H2,1-4H3,(H,43,44)(H,45,46).